The van der Waals surface area contributed by atoms with Crippen LogP contribution in [0.3, 0.4) is 0 Å². The largest absolute Gasteiger partial charge is 0.497 e. The van der Waals surface area contributed by atoms with E-state index in [2.05, 4.69) is 4.98 Å². The van der Waals surface area contributed by atoms with Gasteiger partial charge in [0, 0.05) is 10.6 Å². The number of pyridine rings is 1. The molecular weight excluding hydrogens is 218 g/mol. The molecule has 0 aliphatic rings. The summed E-state index contributed by atoms with van der Waals surface area (Å²) in [6.45, 7) is 2.00. The summed E-state index contributed by atoms with van der Waals surface area (Å²) in [5, 5.41) is 1.02. The zero-order valence-corrected chi connectivity index (χ0v) is 10.1. The van der Waals surface area contributed by atoms with E-state index in [1.807, 2.05) is 49.4 Å². The van der Waals surface area contributed by atoms with E-state index >= 15 is 0 Å². The molecule has 2 rings (SSSR count). The molecule has 1 aromatic heterocycles. The van der Waals surface area contributed by atoms with Crippen molar-refractivity contribution in [2.45, 2.75) is 16.8 Å². The van der Waals surface area contributed by atoms with E-state index < -0.39 is 0 Å². The van der Waals surface area contributed by atoms with E-state index in [1.54, 1.807) is 18.9 Å². The summed E-state index contributed by atoms with van der Waals surface area (Å²) in [6, 6.07) is 14.0. The zero-order valence-electron chi connectivity index (χ0n) is 9.31. The molecule has 0 radical (unpaired) electrons. The maximum Gasteiger partial charge on any atom is 0.118 e. The van der Waals surface area contributed by atoms with Crippen LogP contribution in [0, 0.1) is 6.92 Å². The molecule has 0 fully saturated rings. The first-order valence-electron chi connectivity index (χ1n) is 5.03. The number of hydrogen-bond acceptors (Lipinski definition) is 3. The van der Waals surface area contributed by atoms with Gasteiger partial charge in [-0.05, 0) is 43.3 Å². The van der Waals surface area contributed by atoms with Crippen LogP contribution >= 0.6 is 11.8 Å². The lowest BCUT2D eigenvalue weighted by Crippen LogP contribution is -1.84. The van der Waals surface area contributed by atoms with Crippen molar-refractivity contribution >= 4 is 11.8 Å². The topological polar surface area (TPSA) is 22.1 Å². The Morgan fingerprint density at radius 2 is 1.81 bits per heavy atom. The summed E-state index contributed by atoms with van der Waals surface area (Å²) < 4.78 is 5.11. The van der Waals surface area contributed by atoms with E-state index in [1.165, 1.54) is 4.90 Å². The molecule has 16 heavy (non-hydrogen) atoms. The quantitative estimate of drug-likeness (QED) is 0.806. The third-order valence-electron chi connectivity index (χ3n) is 2.14. The molecule has 0 spiro atoms. The van der Waals surface area contributed by atoms with E-state index in [0.717, 1.165) is 16.5 Å². The standard InChI is InChI=1S/C13H13NOS/c1-10-4-3-5-13(14-10)16-12-8-6-11(15-2)7-9-12/h3-9H,1-2H3. The van der Waals surface area contributed by atoms with Crippen molar-refractivity contribution in [3.05, 3.63) is 48.2 Å². The second kappa shape index (κ2) is 5.03. The summed E-state index contributed by atoms with van der Waals surface area (Å²) in [5.74, 6) is 0.876. The fourth-order valence-corrected chi connectivity index (χ4v) is 2.19. The SMILES string of the molecule is COc1ccc(Sc2cccc(C)n2)cc1. The van der Waals surface area contributed by atoms with Gasteiger partial charge in [0.25, 0.3) is 0 Å². The Labute approximate surface area is 99.7 Å². The summed E-state index contributed by atoms with van der Waals surface area (Å²) in [6.07, 6.45) is 0. The van der Waals surface area contributed by atoms with Crippen molar-refractivity contribution in [3.63, 3.8) is 0 Å². The van der Waals surface area contributed by atoms with Gasteiger partial charge in [-0.25, -0.2) is 4.98 Å². The van der Waals surface area contributed by atoms with Gasteiger partial charge in [0.05, 0.1) is 7.11 Å². The molecule has 1 aromatic carbocycles. The maximum atomic E-state index is 5.11. The minimum atomic E-state index is 0.876. The summed E-state index contributed by atoms with van der Waals surface area (Å²) in [7, 11) is 1.67. The number of aryl methyl sites for hydroxylation is 1. The van der Waals surface area contributed by atoms with Gasteiger partial charge < -0.3 is 4.74 Å². The Balaban J connectivity index is 2.14. The van der Waals surface area contributed by atoms with Crippen molar-refractivity contribution in [2.24, 2.45) is 0 Å². The first-order chi connectivity index (χ1) is 7.78. The van der Waals surface area contributed by atoms with Crippen LogP contribution in [0.1, 0.15) is 5.69 Å². The maximum absolute atomic E-state index is 5.11. The van der Waals surface area contributed by atoms with Gasteiger partial charge in [-0.1, -0.05) is 17.8 Å². The highest BCUT2D eigenvalue weighted by molar-refractivity contribution is 7.99. The minimum absolute atomic E-state index is 0.876. The van der Waals surface area contributed by atoms with Crippen LogP contribution in [0.2, 0.25) is 0 Å². The zero-order chi connectivity index (χ0) is 11.4. The molecule has 1 heterocycles. The lowest BCUT2D eigenvalue weighted by Gasteiger charge is -2.03. The second-order valence-corrected chi connectivity index (χ2v) is 4.49. The molecule has 0 N–H and O–H groups in total. The normalized spacial score (nSPS) is 10.1. The molecule has 0 atom stereocenters. The molecule has 0 saturated heterocycles. The average Bonchev–Trinajstić information content (AvgIpc) is 2.30. The Bertz CT molecular complexity index is 468. The monoisotopic (exact) mass is 231 g/mol. The molecule has 0 aliphatic carbocycles. The highest BCUT2D eigenvalue weighted by Gasteiger charge is 1.99. The van der Waals surface area contributed by atoms with E-state index in [-0.39, 0.29) is 0 Å². The van der Waals surface area contributed by atoms with E-state index in [0.29, 0.717) is 0 Å². The van der Waals surface area contributed by atoms with Crippen LogP contribution in [-0.4, -0.2) is 12.1 Å². The third kappa shape index (κ3) is 2.76. The fourth-order valence-electron chi connectivity index (χ4n) is 1.34. The predicted octanol–water partition coefficient (Wildman–Crippen LogP) is 3.55. The second-order valence-electron chi connectivity index (χ2n) is 3.39. The Morgan fingerprint density at radius 1 is 1.06 bits per heavy atom. The van der Waals surface area contributed by atoms with Gasteiger partial charge in [0.15, 0.2) is 0 Å². The lowest BCUT2D eigenvalue weighted by molar-refractivity contribution is 0.414. The molecule has 0 aliphatic heterocycles. The highest BCUT2D eigenvalue weighted by Crippen LogP contribution is 2.27. The van der Waals surface area contributed by atoms with Crippen molar-refractivity contribution in [3.8, 4) is 5.75 Å². The Kier molecular flexibility index (Phi) is 3.47. The molecule has 0 saturated carbocycles. The van der Waals surface area contributed by atoms with Crippen LogP contribution in [-0.2, 0) is 0 Å². The van der Waals surface area contributed by atoms with Crippen LogP contribution in [0.25, 0.3) is 0 Å². The number of methoxy groups -OCH3 is 1. The number of hydrogen-bond donors (Lipinski definition) is 0. The van der Waals surface area contributed by atoms with E-state index in [4.69, 9.17) is 4.74 Å². The molecule has 0 bridgehead atoms. The van der Waals surface area contributed by atoms with Crippen molar-refractivity contribution < 1.29 is 4.74 Å². The summed E-state index contributed by atoms with van der Waals surface area (Å²) in [4.78, 5) is 5.61. The molecule has 0 amide bonds. The van der Waals surface area contributed by atoms with Gasteiger partial charge in [0.2, 0.25) is 0 Å². The van der Waals surface area contributed by atoms with Gasteiger partial charge in [-0.2, -0.15) is 0 Å². The minimum Gasteiger partial charge on any atom is -0.497 e. The average molecular weight is 231 g/mol. The summed E-state index contributed by atoms with van der Waals surface area (Å²) >= 11 is 1.65. The van der Waals surface area contributed by atoms with Gasteiger partial charge in [0.1, 0.15) is 10.8 Å². The number of nitrogens with zero attached hydrogens (tertiary/aromatic N) is 1. The molecule has 2 aromatic rings. The van der Waals surface area contributed by atoms with E-state index in [9.17, 15) is 0 Å². The van der Waals surface area contributed by atoms with Crippen molar-refractivity contribution in [1.29, 1.82) is 0 Å². The molecular formula is C13H13NOS. The van der Waals surface area contributed by atoms with Crippen molar-refractivity contribution in [2.75, 3.05) is 7.11 Å². The summed E-state index contributed by atoms with van der Waals surface area (Å²) in [5.41, 5.74) is 1.04. The predicted molar refractivity (Wildman–Crippen MR) is 66.1 cm³/mol. The van der Waals surface area contributed by atoms with Crippen molar-refractivity contribution in [1.82, 2.24) is 4.98 Å². The Morgan fingerprint density at radius 3 is 2.44 bits per heavy atom. The van der Waals surface area contributed by atoms with Crippen LogP contribution in [0.5, 0.6) is 5.75 Å². The van der Waals surface area contributed by atoms with Crippen LogP contribution in [0.4, 0.5) is 0 Å². The number of ether oxygens (including phenoxy) is 1. The Hall–Kier alpha value is -1.48. The van der Waals surface area contributed by atoms with Crippen LogP contribution in [0.15, 0.2) is 52.4 Å². The number of aromatic nitrogens is 1. The number of benzene rings is 1. The fraction of sp³-hybridized carbons (Fsp3) is 0.154. The van der Waals surface area contributed by atoms with Gasteiger partial charge >= 0.3 is 0 Å². The molecule has 82 valence electrons. The number of rotatable bonds is 3. The highest BCUT2D eigenvalue weighted by atomic mass is 32.2. The molecule has 2 nitrogen and oxygen atoms in total. The smallest absolute Gasteiger partial charge is 0.118 e. The van der Waals surface area contributed by atoms with Gasteiger partial charge in [-0.15, -0.1) is 0 Å². The molecule has 3 heteroatoms. The van der Waals surface area contributed by atoms with Crippen LogP contribution < -0.4 is 4.74 Å². The third-order valence-corrected chi connectivity index (χ3v) is 3.09. The first kappa shape index (κ1) is 11.0. The first-order valence-corrected chi connectivity index (χ1v) is 5.85. The molecule has 0 unspecified atom stereocenters. The van der Waals surface area contributed by atoms with Gasteiger partial charge in [-0.3, -0.25) is 0 Å². The lowest BCUT2D eigenvalue weighted by atomic mass is 10.3.